The van der Waals surface area contributed by atoms with E-state index in [1.54, 1.807) is 24.5 Å². The van der Waals surface area contributed by atoms with E-state index in [9.17, 15) is 9.59 Å². The first-order valence-electron chi connectivity index (χ1n) is 11.9. The number of benzene rings is 1. The molecule has 33 heavy (non-hydrogen) atoms. The Balaban J connectivity index is 1.21. The van der Waals surface area contributed by atoms with Gasteiger partial charge in [0.2, 0.25) is 0 Å². The molecule has 0 bridgehead atoms. The largest absolute Gasteiger partial charge is 0.347 e. The van der Waals surface area contributed by atoms with Gasteiger partial charge < -0.3 is 10.6 Å². The van der Waals surface area contributed by atoms with E-state index >= 15 is 0 Å². The second kappa shape index (κ2) is 9.60. The topological polar surface area (TPSA) is 93.8 Å². The number of nitrogens with zero attached hydrogens (tertiary/aromatic N) is 4. The van der Waals surface area contributed by atoms with Crippen LogP contribution >= 0.6 is 0 Å². The molecule has 2 heterocycles. The number of hydrogen-bond donors (Lipinski definition) is 2. The Hall–Kier alpha value is -3.42. The van der Waals surface area contributed by atoms with Gasteiger partial charge in [-0.15, -0.1) is 0 Å². The molecule has 0 radical (unpaired) electrons. The van der Waals surface area contributed by atoms with Gasteiger partial charge >= 0.3 is 0 Å². The Labute approximate surface area is 193 Å². The lowest BCUT2D eigenvalue weighted by Gasteiger charge is -2.15. The summed E-state index contributed by atoms with van der Waals surface area (Å²) in [6, 6.07) is 11.7. The van der Waals surface area contributed by atoms with E-state index in [4.69, 9.17) is 0 Å². The maximum Gasteiger partial charge on any atom is 0.273 e. The Morgan fingerprint density at radius 1 is 0.818 bits per heavy atom. The molecule has 8 nitrogen and oxygen atoms in total. The van der Waals surface area contributed by atoms with Crippen LogP contribution in [0.1, 0.15) is 90.0 Å². The lowest BCUT2D eigenvalue weighted by molar-refractivity contribution is 0.0936. The summed E-state index contributed by atoms with van der Waals surface area (Å²) < 4.78 is 3.73. The van der Waals surface area contributed by atoms with Crippen LogP contribution in [0.4, 0.5) is 5.69 Å². The van der Waals surface area contributed by atoms with Crippen LogP contribution in [0.5, 0.6) is 0 Å². The van der Waals surface area contributed by atoms with Crippen LogP contribution in [-0.4, -0.2) is 31.4 Å². The normalized spacial score (nSPS) is 16.8. The van der Waals surface area contributed by atoms with Crippen molar-refractivity contribution in [3.63, 3.8) is 0 Å². The van der Waals surface area contributed by atoms with E-state index in [2.05, 4.69) is 20.8 Å². The van der Waals surface area contributed by atoms with Gasteiger partial charge in [0, 0.05) is 24.6 Å². The summed E-state index contributed by atoms with van der Waals surface area (Å²) in [6.07, 6.45) is 12.4. The smallest absolute Gasteiger partial charge is 0.273 e. The molecule has 2 aromatic heterocycles. The third-order valence-electron chi connectivity index (χ3n) is 6.78. The Kier molecular flexibility index (Phi) is 6.24. The summed E-state index contributed by atoms with van der Waals surface area (Å²) >= 11 is 0. The number of aromatic nitrogens is 4. The van der Waals surface area contributed by atoms with Crippen molar-refractivity contribution < 1.29 is 9.59 Å². The van der Waals surface area contributed by atoms with Crippen molar-refractivity contribution in [3.05, 3.63) is 65.7 Å². The van der Waals surface area contributed by atoms with Gasteiger partial charge in [0.05, 0.1) is 12.1 Å². The number of rotatable bonds is 7. The zero-order valence-electron chi connectivity index (χ0n) is 18.7. The molecule has 2 saturated carbocycles. The van der Waals surface area contributed by atoms with Gasteiger partial charge in [0.15, 0.2) is 0 Å². The highest BCUT2D eigenvalue weighted by Crippen LogP contribution is 2.30. The Bertz CT molecular complexity index is 1120. The van der Waals surface area contributed by atoms with Crippen molar-refractivity contribution >= 4 is 17.5 Å². The number of anilines is 1. The number of amides is 2. The zero-order chi connectivity index (χ0) is 22.6. The predicted octanol–water partition coefficient (Wildman–Crippen LogP) is 4.49. The fourth-order valence-corrected chi connectivity index (χ4v) is 5.09. The Morgan fingerprint density at radius 3 is 2.00 bits per heavy atom. The number of nitrogens with one attached hydrogen (secondary N) is 2. The fourth-order valence-electron chi connectivity index (χ4n) is 5.09. The molecule has 5 rings (SSSR count). The molecule has 0 unspecified atom stereocenters. The first kappa shape index (κ1) is 21.4. The van der Waals surface area contributed by atoms with Gasteiger partial charge in [-0.05, 0) is 55.5 Å². The van der Waals surface area contributed by atoms with Gasteiger partial charge in [-0.3, -0.25) is 19.0 Å². The average molecular weight is 447 g/mol. The second-order valence-corrected chi connectivity index (χ2v) is 9.04. The zero-order valence-corrected chi connectivity index (χ0v) is 18.7. The van der Waals surface area contributed by atoms with Crippen molar-refractivity contribution in [1.82, 2.24) is 24.9 Å². The highest BCUT2D eigenvalue weighted by molar-refractivity contribution is 6.03. The molecule has 0 spiro atoms. The summed E-state index contributed by atoms with van der Waals surface area (Å²) in [4.78, 5) is 25.7. The Morgan fingerprint density at radius 2 is 1.39 bits per heavy atom. The van der Waals surface area contributed by atoms with Gasteiger partial charge in [-0.25, -0.2) is 0 Å². The van der Waals surface area contributed by atoms with Crippen molar-refractivity contribution in [1.29, 1.82) is 0 Å². The number of hydrogen-bond acceptors (Lipinski definition) is 4. The molecule has 1 aromatic carbocycles. The minimum Gasteiger partial charge on any atom is -0.347 e. The van der Waals surface area contributed by atoms with Crippen LogP contribution < -0.4 is 10.6 Å². The third kappa shape index (κ3) is 4.69. The molecule has 2 aliphatic rings. The first-order chi connectivity index (χ1) is 16.2. The van der Waals surface area contributed by atoms with Gasteiger partial charge in [0.25, 0.3) is 11.8 Å². The van der Waals surface area contributed by atoms with Crippen LogP contribution in [0.3, 0.4) is 0 Å². The van der Waals surface area contributed by atoms with Gasteiger partial charge in [0.1, 0.15) is 11.4 Å². The molecule has 0 aliphatic heterocycles. The second-order valence-electron chi connectivity index (χ2n) is 9.04. The minimum atomic E-state index is -0.166. The van der Waals surface area contributed by atoms with E-state index in [-0.39, 0.29) is 11.8 Å². The third-order valence-corrected chi connectivity index (χ3v) is 6.78. The van der Waals surface area contributed by atoms with Crippen molar-refractivity contribution in [2.45, 2.75) is 70.0 Å². The maximum absolute atomic E-state index is 12.9. The summed E-state index contributed by atoms with van der Waals surface area (Å²) in [5.74, 6) is -0.296. The molecular formula is C25H30N6O2. The van der Waals surface area contributed by atoms with Crippen LogP contribution in [0.15, 0.2) is 48.8 Å². The number of carbonyl (C=O) groups is 2. The van der Waals surface area contributed by atoms with Crippen LogP contribution in [0, 0.1) is 0 Å². The van der Waals surface area contributed by atoms with E-state index in [1.165, 1.54) is 25.7 Å². The van der Waals surface area contributed by atoms with E-state index in [0.717, 1.165) is 31.2 Å². The highest BCUT2D eigenvalue weighted by atomic mass is 16.2. The van der Waals surface area contributed by atoms with E-state index < -0.39 is 0 Å². The minimum absolute atomic E-state index is 0.130. The summed E-state index contributed by atoms with van der Waals surface area (Å²) in [5.41, 5.74) is 2.80. The summed E-state index contributed by atoms with van der Waals surface area (Å²) in [7, 11) is 0. The molecular weight excluding hydrogens is 416 g/mol. The molecule has 0 atom stereocenters. The standard InChI is InChI=1S/C25H30N6O2/c32-24(22-12-14-27-30(22)20-8-1-2-9-20)26-17-18-6-5-7-19(16-18)29-25(33)23-13-15-28-31(23)21-10-3-4-11-21/h5-7,12-16,20-21H,1-4,8-11,17H2,(H,26,32)(H,29,33). The molecule has 2 amide bonds. The molecule has 8 heteroatoms. The lowest BCUT2D eigenvalue weighted by Crippen LogP contribution is -2.27. The number of carbonyl (C=O) groups excluding carboxylic acids is 2. The first-order valence-corrected chi connectivity index (χ1v) is 11.9. The van der Waals surface area contributed by atoms with Crippen molar-refractivity contribution in [2.75, 3.05) is 5.32 Å². The van der Waals surface area contributed by atoms with E-state index in [0.29, 0.717) is 35.7 Å². The molecule has 2 N–H and O–H groups in total. The molecule has 2 fully saturated rings. The van der Waals surface area contributed by atoms with Crippen LogP contribution in [0.25, 0.3) is 0 Å². The quantitative estimate of drug-likeness (QED) is 0.559. The van der Waals surface area contributed by atoms with Gasteiger partial charge in [-0.2, -0.15) is 10.2 Å². The lowest BCUT2D eigenvalue weighted by atomic mass is 10.2. The predicted molar refractivity (Wildman–Crippen MR) is 125 cm³/mol. The van der Waals surface area contributed by atoms with Crippen LogP contribution in [0.2, 0.25) is 0 Å². The summed E-state index contributed by atoms with van der Waals surface area (Å²) in [6.45, 7) is 0.373. The SMILES string of the molecule is O=C(NCc1cccc(NC(=O)c2ccnn2C2CCCC2)c1)c1ccnn1C1CCCC1. The maximum atomic E-state index is 12.9. The molecule has 0 saturated heterocycles. The monoisotopic (exact) mass is 446 g/mol. The van der Waals surface area contributed by atoms with E-state index in [1.807, 2.05) is 33.6 Å². The van der Waals surface area contributed by atoms with Gasteiger partial charge in [-0.1, -0.05) is 37.8 Å². The molecule has 172 valence electrons. The fraction of sp³-hybridized carbons (Fsp3) is 0.440. The van der Waals surface area contributed by atoms with Crippen LogP contribution in [-0.2, 0) is 6.54 Å². The highest BCUT2D eigenvalue weighted by Gasteiger charge is 2.24. The summed E-state index contributed by atoms with van der Waals surface area (Å²) in [5, 5.41) is 14.7. The average Bonchev–Trinajstić information content (AvgIpc) is 3.64. The molecule has 2 aliphatic carbocycles. The van der Waals surface area contributed by atoms with Crippen molar-refractivity contribution in [3.8, 4) is 0 Å². The van der Waals surface area contributed by atoms with Crippen molar-refractivity contribution in [2.24, 2.45) is 0 Å². The molecule has 3 aromatic rings.